The molecule has 0 aliphatic carbocycles. The van der Waals surface area contributed by atoms with E-state index in [1.54, 1.807) is 0 Å². The molecule has 1 aliphatic heterocycles. The van der Waals surface area contributed by atoms with Crippen LogP contribution in [0.2, 0.25) is 0 Å². The number of amides is 1. The smallest absolute Gasteiger partial charge is 0.410 e. The van der Waals surface area contributed by atoms with Gasteiger partial charge in [0.05, 0.1) is 0 Å². The van der Waals surface area contributed by atoms with Crippen molar-refractivity contribution >= 4 is 17.4 Å². The standard InChI is InChI=1S/C18H30N2O2S/c1-14-6-7-15(23-14)12-19-13-18(5)8-10-20(11-9-18)16(21)22-17(2,3)4/h6-7,19H,8-13H2,1-5H3. The Morgan fingerprint density at radius 1 is 1.35 bits per heavy atom. The third-order valence-corrected chi connectivity index (χ3v) is 5.27. The van der Waals surface area contributed by atoms with Crippen LogP contribution in [0.1, 0.15) is 50.3 Å². The van der Waals surface area contributed by atoms with E-state index in [-0.39, 0.29) is 11.5 Å². The first-order chi connectivity index (χ1) is 10.7. The Balaban J connectivity index is 1.74. The highest BCUT2D eigenvalue weighted by Crippen LogP contribution is 2.31. The summed E-state index contributed by atoms with van der Waals surface area (Å²) in [6.45, 7) is 13.7. The van der Waals surface area contributed by atoms with Crippen LogP contribution in [0, 0.1) is 12.3 Å². The van der Waals surface area contributed by atoms with E-state index >= 15 is 0 Å². The summed E-state index contributed by atoms with van der Waals surface area (Å²) in [5, 5.41) is 3.58. The zero-order chi connectivity index (χ0) is 17.1. The maximum atomic E-state index is 12.1. The number of piperidine rings is 1. The lowest BCUT2D eigenvalue weighted by atomic mass is 9.80. The first-order valence-corrected chi connectivity index (χ1v) is 9.23. The van der Waals surface area contributed by atoms with Gasteiger partial charge in [-0.3, -0.25) is 0 Å². The molecule has 0 saturated carbocycles. The zero-order valence-electron chi connectivity index (χ0n) is 15.1. The topological polar surface area (TPSA) is 41.6 Å². The van der Waals surface area contributed by atoms with Gasteiger partial charge in [-0.1, -0.05) is 6.92 Å². The SMILES string of the molecule is Cc1ccc(CNCC2(C)CCN(C(=O)OC(C)(C)C)CC2)s1. The van der Waals surface area contributed by atoms with Gasteiger partial charge in [-0.05, 0) is 58.1 Å². The summed E-state index contributed by atoms with van der Waals surface area (Å²) in [7, 11) is 0. The number of carbonyl (C=O) groups excluding carboxylic acids is 1. The number of likely N-dealkylation sites (tertiary alicyclic amines) is 1. The van der Waals surface area contributed by atoms with Crippen molar-refractivity contribution in [3.05, 3.63) is 21.9 Å². The third kappa shape index (κ3) is 5.81. The summed E-state index contributed by atoms with van der Waals surface area (Å²) in [5.41, 5.74) is -0.164. The lowest BCUT2D eigenvalue weighted by Crippen LogP contribution is -2.47. The summed E-state index contributed by atoms with van der Waals surface area (Å²) in [6, 6.07) is 4.36. The molecule has 0 atom stereocenters. The molecular weight excluding hydrogens is 308 g/mol. The Hall–Kier alpha value is -1.07. The van der Waals surface area contributed by atoms with Crippen LogP contribution in [0.25, 0.3) is 0 Å². The number of hydrogen-bond donors (Lipinski definition) is 1. The molecular formula is C18H30N2O2S. The van der Waals surface area contributed by atoms with Crippen molar-refractivity contribution < 1.29 is 9.53 Å². The van der Waals surface area contributed by atoms with Crippen molar-refractivity contribution in [1.29, 1.82) is 0 Å². The number of aryl methyl sites for hydroxylation is 1. The third-order valence-electron chi connectivity index (χ3n) is 4.27. The maximum absolute atomic E-state index is 12.1. The van der Waals surface area contributed by atoms with Crippen LogP contribution < -0.4 is 5.32 Å². The molecule has 0 unspecified atom stereocenters. The molecule has 1 amide bonds. The van der Waals surface area contributed by atoms with Gasteiger partial charge in [-0.25, -0.2) is 4.79 Å². The van der Waals surface area contributed by atoms with E-state index in [0.29, 0.717) is 0 Å². The first-order valence-electron chi connectivity index (χ1n) is 8.41. The number of carbonyl (C=O) groups is 1. The Morgan fingerprint density at radius 2 is 2.00 bits per heavy atom. The van der Waals surface area contributed by atoms with Gasteiger partial charge >= 0.3 is 6.09 Å². The quantitative estimate of drug-likeness (QED) is 0.895. The van der Waals surface area contributed by atoms with E-state index in [0.717, 1.165) is 39.0 Å². The second-order valence-corrected chi connectivity index (χ2v) is 9.27. The fourth-order valence-electron chi connectivity index (χ4n) is 2.80. The molecule has 1 aromatic rings. The minimum absolute atomic E-state index is 0.179. The number of hydrogen-bond acceptors (Lipinski definition) is 4. The number of thiophene rings is 1. The van der Waals surface area contributed by atoms with E-state index in [9.17, 15) is 4.79 Å². The number of ether oxygens (including phenoxy) is 1. The molecule has 0 radical (unpaired) electrons. The molecule has 1 aliphatic rings. The van der Waals surface area contributed by atoms with Crippen LogP contribution in [0.5, 0.6) is 0 Å². The van der Waals surface area contributed by atoms with Crippen LogP contribution in [0.4, 0.5) is 4.79 Å². The molecule has 23 heavy (non-hydrogen) atoms. The molecule has 5 heteroatoms. The summed E-state index contributed by atoms with van der Waals surface area (Å²) in [6.07, 6.45) is 1.85. The highest BCUT2D eigenvalue weighted by Gasteiger charge is 2.33. The lowest BCUT2D eigenvalue weighted by molar-refractivity contribution is 0.0119. The second-order valence-electron chi connectivity index (χ2n) is 7.89. The normalized spacial score (nSPS) is 18.0. The van der Waals surface area contributed by atoms with Crippen molar-refractivity contribution in [3.63, 3.8) is 0 Å². The summed E-state index contributed by atoms with van der Waals surface area (Å²) in [4.78, 5) is 16.7. The van der Waals surface area contributed by atoms with Gasteiger partial charge in [-0.15, -0.1) is 11.3 Å². The molecule has 0 aromatic carbocycles. The van der Waals surface area contributed by atoms with Gasteiger partial charge < -0.3 is 15.0 Å². The fraction of sp³-hybridized carbons (Fsp3) is 0.722. The van der Waals surface area contributed by atoms with Gasteiger partial charge in [0.15, 0.2) is 0 Å². The van der Waals surface area contributed by atoms with Crippen LogP contribution in [-0.4, -0.2) is 36.2 Å². The zero-order valence-corrected chi connectivity index (χ0v) is 15.9. The van der Waals surface area contributed by atoms with Gasteiger partial charge in [-0.2, -0.15) is 0 Å². The van der Waals surface area contributed by atoms with Crippen LogP contribution in [-0.2, 0) is 11.3 Å². The largest absolute Gasteiger partial charge is 0.444 e. The van der Waals surface area contributed by atoms with E-state index in [4.69, 9.17) is 4.74 Å². The number of nitrogens with zero attached hydrogens (tertiary/aromatic N) is 1. The van der Waals surface area contributed by atoms with E-state index in [1.165, 1.54) is 9.75 Å². The van der Waals surface area contributed by atoms with Gasteiger partial charge in [0.2, 0.25) is 0 Å². The Kier molecular flexibility index (Phi) is 5.74. The minimum atomic E-state index is -0.418. The van der Waals surface area contributed by atoms with Crippen molar-refractivity contribution in [3.8, 4) is 0 Å². The summed E-state index contributed by atoms with van der Waals surface area (Å²) < 4.78 is 5.46. The first kappa shape index (κ1) is 18.3. The molecule has 1 saturated heterocycles. The van der Waals surface area contributed by atoms with Gasteiger partial charge in [0.1, 0.15) is 5.60 Å². The molecule has 0 bridgehead atoms. The highest BCUT2D eigenvalue weighted by atomic mass is 32.1. The molecule has 1 N–H and O–H groups in total. The van der Waals surface area contributed by atoms with Crippen LogP contribution in [0.15, 0.2) is 12.1 Å². The molecule has 1 aromatic heterocycles. The molecule has 2 heterocycles. The summed E-state index contributed by atoms with van der Waals surface area (Å²) in [5.74, 6) is 0. The lowest BCUT2D eigenvalue weighted by Gasteiger charge is -2.39. The summed E-state index contributed by atoms with van der Waals surface area (Å²) >= 11 is 1.85. The maximum Gasteiger partial charge on any atom is 0.410 e. The van der Waals surface area contributed by atoms with E-state index in [1.807, 2.05) is 37.0 Å². The Labute approximate surface area is 144 Å². The second kappa shape index (κ2) is 7.22. The predicted octanol–water partition coefficient (Wildman–Crippen LogP) is 4.18. The van der Waals surface area contributed by atoms with E-state index < -0.39 is 5.60 Å². The number of rotatable bonds is 4. The predicted molar refractivity (Wildman–Crippen MR) is 95.9 cm³/mol. The van der Waals surface area contributed by atoms with Gasteiger partial charge in [0.25, 0.3) is 0 Å². The molecule has 2 rings (SSSR count). The molecule has 4 nitrogen and oxygen atoms in total. The van der Waals surface area contributed by atoms with Crippen molar-refractivity contribution in [2.24, 2.45) is 5.41 Å². The Bertz CT molecular complexity index is 525. The van der Waals surface area contributed by atoms with Crippen LogP contribution >= 0.6 is 11.3 Å². The monoisotopic (exact) mass is 338 g/mol. The molecule has 130 valence electrons. The minimum Gasteiger partial charge on any atom is -0.444 e. The van der Waals surface area contributed by atoms with E-state index in [2.05, 4.69) is 31.3 Å². The highest BCUT2D eigenvalue weighted by molar-refractivity contribution is 7.11. The molecule has 1 fully saturated rings. The van der Waals surface area contributed by atoms with Crippen molar-refractivity contribution in [2.45, 2.75) is 59.6 Å². The number of nitrogens with one attached hydrogen (secondary N) is 1. The molecule has 0 spiro atoms. The van der Waals surface area contributed by atoms with Gasteiger partial charge in [0, 0.05) is 35.9 Å². The van der Waals surface area contributed by atoms with Crippen molar-refractivity contribution in [2.75, 3.05) is 19.6 Å². The average molecular weight is 339 g/mol. The van der Waals surface area contributed by atoms with Crippen LogP contribution in [0.3, 0.4) is 0 Å². The fourth-order valence-corrected chi connectivity index (χ4v) is 3.66. The average Bonchev–Trinajstić information content (AvgIpc) is 2.83. The van der Waals surface area contributed by atoms with Crippen molar-refractivity contribution in [1.82, 2.24) is 10.2 Å². The Morgan fingerprint density at radius 3 is 2.52 bits per heavy atom.